The van der Waals surface area contributed by atoms with E-state index in [1.165, 1.54) is 7.11 Å². The number of carbonyl (C=O) groups is 1. The number of aliphatic hydroxyl groups excluding tert-OH is 1. The molecule has 0 spiro atoms. The number of halogens is 2. The number of piperidine rings is 1. The molecular weight excluding hydrogens is 339 g/mol. The number of aliphatic hydroxyl groups is 1. The lowest BCUT2D eigenvalue weighted by Crippen LogP contribution is -2.39. The molecule has 7 heteroatoms. The highest BCUT2D eigenvalue weighted by Gasteiger charge is 2.20. The van der Waals surface area contributed by atoms with Gasteiger partial charge in [-0.05, 0) is 31.1 Å². The van der Waals surface area contributed by atoms with Crippen LogP contribution < -0.4 is 5.48 Å². The second kappa shape index (κ2) is 8.55. The zero-order chi connectivity index (χ0) is 16.8. The normalized spacial score (nSPS) is 16.5. The Morgan fingerprint density at radius 2 is 2.09 bits per heavy atom. The van der Waals surface area contributed by atoms with Crippen molar-refractivity contribution in [2.45, 2.75) is 25.4 Å². The predicted molar refractivity (Wildman–Crippen MR) is 91.0 cm³/mol. The van der Waals surface area contributed by atoms with Crippen molar-refractivity contribution in [3.05, 3.63) is 39.9 Å². The fourth-order valence-corrected chi connectivity index (χ4v) is 2.72. The van der Waals surface area contributed by atoms with Crippen molar-refractivity contribution in [3.63, 3.8) is 0 Å². The number of rotatable bonds is 5. The number of carbonyl (C=O) groups excluding carboxylic acids is 1. The molecule has 5 nitrogen and oxygen atoms in total. The Morgan fingerprint density at radius 1 is 1.39 bits per heavy atom. The van der Waals surface area contributed by atoms with E-state index in [0.717, 1.165) is 5.56 Å². The van der Waals surface area contributed by atoms with Gasteiger partial charge in [0.05, 0.1) is 29.0 Å². The van der Waals surface area contributed by atoms with Gasteiger partial charge in [0.25, 0.3) is 0 Å². The first-order valence-electron chi connectivity index (χ1n) is 7.41. The van der Waals surface area contributed by atoms with Gasteiger partial charge >= 0.3 is 0 Å². The van der Waals surface area contributed by atoms with Crippen LogP contribution in [0.4, 0.5) is 0 Å². The average molecular weight is 359 g/mol. The number of likely N-dealkylation sites (tertiary alicyclic amines) is 1. The first kappa shape index (κ1) is 18.1. The fourth-order valence-electron chi connectivity index (χ4n) is 2.43. The molecule has 1 heterocycles. The molecule has 0 radical (unpaired) electrons. The number of hydrogen-bond acceptors (Lipinski definition) is 4. The second-order valence-electron chi connectivity index (χ2n) is 5.37. The van der Waals surface area contributed by atoms with Crippen LogP contribution in [0, 0.1) is 0 Å². The summed E-state index contributed by atoms with van der Waals surface area (Å²) in [6, 6.07) is 5.20. The largest absolute Gasteiger partial charge is 0.393 e. The Labute approximate surface area is 145 Å². The minimum atomic E-state index is -0.295. The maximum Gasteiger partial charge on any atom is 0.226 e. The van der Waals surface area contributed by atoms with Gasteiger partial charge in [0.2, 0.25) is 5.91 Å². The van der Waals surface area contributed by atoms with E-state index in [4.69, 9.17) is 28.0 Å². The quantitative estimate of drug-likeness (QED) is 0.794. The van der Waals surface area contributed by atoms with E-state index in [1.54, 1.807) is 29.2 Å². The lowest BCUT2D eigenvalue weighted by atomic mass is 10.1. The van der Waals surface area contributed by atoms with E-state index in [-0.39, 0.29) is 18.4 Å². The third kappa shape index (κ3) is 5.11. The lowest BCUT2D eigenvalue weighted by molar-refractivity contribution is -0.132. The summed E-state index contributed by atoms with van der Waals surface area (Å²) < 4.78 is 0. The van der Waals surface area contributed by atoms with E-state index in [9.17, 15) is 9.90 Å². The lowest BCUT2D eigenvalue weighted by Gasteiger charge is -2.29. The highest BCUT2D eigenvalue weighted by molar-refractivity contribution is 6.42. The molecule has 0 bridgehead atoms. The Hall–Kier alpha value is -1.27. The van der Waals surface area contributed by atoms with Gasteiger partial charge in [-0.25, -0.2) is 0 Å². The number of hydrogen-bond donors (Lipinski definition) is 2. The van der Waals surface area contributed by atoms with Gasteiger partial charge in [-0.15, -0.1) is 0 Å². The van der Waals surface area contributed by atoms with E-state index in [2.05, 4.69) is 5.48 Å². The number of nitrogens with one attached hydrogen (secondary N) is 1. The van der Waals surface area contributed by atoms with Gasteiger partial charge in [0.1, 0.15) is 0 Å². The van der Waals surface area contributed by atoms with E-state index < -0.39 is 0 Å². The van der Waals surface area contributed by atoms with Crippen LogP contribution in [0.1, 0.15) is 24.8 Å². The molecule has 1 fully saturated rings. The van der Waals surface area contributed by atoms with Crippen LogP contribution in [0.25, 0.3) is 5.70 Å². The molecule has 2 rings (SSSR count). The standard InChI is InChI=1S/C16H20Cl2N2O3/c1-23-19-15(11-2-3-13(17)14(18)10-11)4-5-16(22)20-8-6-12(21)7-9-20/h2-4,10,12,19,21H,5-9H2,1H3. The molecular formula is C16H20Cl2N2O3. The third-order valence-corrected chi connectivity index (χ3v) is 4.48. The van der Waals surface area contributed by atoms with Gasteiger partial charge in [-0.3, -0.25) is 15.1 Å². The van der Waals surface area contributed by atoms with E-state index >= 15 is 0 Å². The summed E-state index contributed by atoms with van der Waals surface area (Å²) >= 11 is 11.9. The summed E-state index contributed by atoms with van der Waals surface area (Å²) in [6.45, 7) is 1.18. The van der Waals surface area contributed by atoms with Crippen molar-refractivity contribution in [2.24, 2.45) is 0 Å². The number of nitrogens with zero attached hydrogens (tertiary/aromatic N) is 1. The highest BCUT2D eigenvalue weighted by atomic mass is 35.5. The summed E-state index contributed by atoms with van der Waals surface area (Å²) in [5.41, 5.74) is 4.19. The summed E-state index contributed by atoms with van der Waals surface area (Å²) in [4.78, 5) is 19.0. The second-order valence-corrected chi connectivity index (χ2v) is 6.18. The van der Waals surface area contributed by atoms with Crippen molar-refractivity contribution < 1.29 is 14.7 Å². The number of hydroxylamine groups is 1. The molecule has 0 unspecified atom stereocenters. The van der Waals surface area contributed by atoms with Crippen LogP contribution in [-0.4, -0.2) is 42.2 Å². The molecule has 1 saturated heterocycles. The maximum absolute atomic E-state index is 12.2. The summed E-state index contributed by atoms with van der Waals surface area (Å²) in [5.74, 6) is 0.0207. The van der Waals surface area contributed by atoms with Crippen molar-refractivity contribution in [2.75, 3.05) is 20.2 Å². The monoisotopic (exact) mass is 358 g/mol. The Kier molecular flexibility index (Phi) is 6.72. The number of amides is 1. The highest BCUT2D eigenvalue weighted by Crippen LogP contribution is 2.25. The Balaban J connectivity index is 2.06. The van der Waals surface area contributed by atoms with Crippen LogP contribution in [-0.2, 0) is 9.63 Å². The summed E-state index contributed by atoms with van der Waals surface area (Å²) in [7, 11) is 1.50. The molecule has 2 N–H and O–H groups in total. The smallest absolute Gasteiger partial charge is 0.226 e. The van der Waals surface area contributed by atoms with Crippen LogP contribution in [0.5, 0.6) is 0 Å². The molecule has 0 aliphatic carbocycles. The Morgan fingerprint density at radius 3 is 2.70 bits per heavy atom. The molecule has 0 aromatic heterocycles. The van der Waals surface area contributed by atoms with Crippen molar-refractivity contribution in [1.82, 2.24) is 10.4 Å². The minimum Gasteiger partial charge on any atom is -0.393 e. The van der Waals surface area contributed by atoms with Crippen LogP contribution in [0.15, 0.2) is 24.3 Å². The maximum atomic E-state index is 12.2. The zero-order valence-electron chi connectivity index (χ0n) is 12.9. The van der Waals surface area contributed by atoms with E-state index in [1.807, 2.05) is 0 Å². The van der Waals surface area contributed by atoms with Crippen LogP contribution >= 0.6 is 23.2 Å². The van der Waals surface area contributed by atoms with Crippen molar-refractivity contribution >= 4 is 34.8 Å². The van der Waals surface area contributed by atoms with Crippen LogP contribution in [0.2, 0.25) is 10.0 Å². The van der Waals surface area contributed by atoms with Gasteiger partial charge in [0.15, 0.2) is 0 Å². The third-order valence-electron chi connectivity index (χ3n) is 3.74. The predicted octanol–water partition coefficient (Wildman–Crippen LogP) is 2.86. The molecule has 0 saturated carbocycles. The SMILES string of the molecule is CONC(=CCC(=O)N1CCC(O)CC1)c1ccc(Cl)c(Cl)c1. The Bertz CT molecular complexity index is 585. The molecule has 126 valence electrons. The first-order valence-corrected chi connectivity index (χ1v) is 8.17. The molecule has 1 amide bonds. The van der Waals surface area contributed by atoms with Crippen LogP contribution in [0.3, 0.4) is 0 Å². The zero-order valence-corrected chi connectivity index (χ0v) is 14.4. The minimum absolute atomic E-state index is 0.0207. The molecule has 1 aliphatic rings. The molecule has 1 aliphatic heterocycles. The summed E-state index contributed by atoms with van der Waals surface area (Å²) in [5, 5.41) is 10.4. The van der Waals surface area contributed by atoms with Crippen molar-refractivity contribution in [1.29, 1.82) is 0 Å². The van der Waals surface area contributed by atoms with Gasteiger partial charge in [-0.2, -0.15) is 0 Å². The van der Waals surface area contributed by atoms with Crippen molar-refractivity contribution in [3.8, 4) is 0 Å². The first-order chi connectivity index (χ1) is 11.0. The molecule has 0 atom stereocenters. The van der Waals surface area contributed by atoms with E-state index in [0.29, 0.717) is 41.7 Å². The van der Waals surface area contributed by atoms with Gasteiger partial charge < -0.3 is 10.0 Å². The number of benzene rings is 1. The average Bonchev–Trinajstić information content (AvgIpc) is 2.54. The molecule has 23 heavy (non-hydrogen) atoms. The van der Waals surface area contributed by atoms with Gasteiger partial charge in [-0.1, -0.05) is 29.3 Å². The van der Waals surface area contributed by atoms with Gasteiger partial charge in [0, 0.05) is 25.1 Å². The molecule has 1 aromatic rings. The molecule has 1 aromatic carbocycles. The topological polar surface area (TPSA) is 61.8 Å². The summed E-state index contributed by atoms with van der Waals surface area (Å²) in [6.07, 6.45) is 2.96. The fraction of sp³-hybridized carbons (Fsp3) is 0.438.